The van der Waals surface area contributed by atoms with E-state index in [1.807, 2.05) is 6.07 Å². The molecular weight excluding hydrogens is 202 g/mol. The highest BCUT2D eigenvalue weighted by Gasteiger charge is 2.25. The standard InChI is InChI=1S/C12H13N3O/c1-12(16,9-3-2-6-14-7-9)10-4-5-11(13)15-8-10/h2-8,16H,1H3,(H2,13,15). The van der Waals surface area contributed by atoms with Crippen molar-refractivity contribution in [3.05, 3.63) is 54.0 Å². The van der Waals surface area contributed by atoms with Crippen LogP contribution in [0.2, 0.25) is 0 Å². The van der Waals surface area contributed by atoms with Crippen LogP contribution in [-0.4, -0.2) is 15.1 Å². The number of nitrogen functional groups attached to an aromatic ring is 1. The fraction of sp³-hybridized carbons (Fsp3) is 0.167. The minimum absolute atomic E-state index is 0.436. The molecule has 0 saturated heterocycles. The summed E-state index contributed by atoms with van der Waals surface area (Å²) in [6.07, 6.45) is 4.87. The summed E-state index contributed by atoms with van der Waals surface area (Å²) in [4.78, 5) is 7.96. The number of anilines is 1. The number of aromatic nitrogens is 2. The number of hydrogen-bond donors (Lipinski definition) is 2. The number of aliphatic hydroxyl groups is 1. The van der Waals surface area contributed by atoms with E-state index in [0.29, 0.717) is 11.4 Å². The quantitative estimate of drug-likeness (QED) is 0.792. The Morgan fingerprint density at radius 1 is 1.19 bits per heavy atom. The molecule has 0 aliphatic carbocycles. The number of pyridine rings is 2. The number of nitrogens with zero attached hydrogens (tertiary/aromatic N) is 2. The van der Waals surface area contributed by atoms with Crippen LogP contribution in [0.3, 0.4) is 0 Å². The zero-order chi connectivity index (χ0) is 11.6. The van der Waals surface area contributed by atoms with Gasteiger partial charge in [-0.1, -0.05) is 12.1 Å². The van der Waals surface area contributed by atoms with Gasteiger partial charge in [-0.05, 0) is 19.1 Å². The molecule has 0 saturated carbocycles. The second-order valence-corrected chi connectivity index (χ2v) is 3.79. The number of hydrogen-bond acceptors (Lipinski definition) is 4. The second kappa shape index (κ2) is 3.90. The summed E-state index contributed by atoms with van der Waals surface area (Å²) in [6.45, 7) is 1.71. The number of rotatable bonds is 2. The molecule has 2 aromatic heterocycles. The van der Waals surface area contributed by atoms with Gasteiger partial charge in [-0.15, -0.1) is 0 Å². The molecule has 0 amide bonds. The first-order chi connectivity index (χ1) is 7.60. The minimum Gasteiger partial charge on any atom is -0.384 e. The molecule has 0 aliphatic rings. The van der Waals surface area contributed by atoms with Gasteiger partial charge in [-0.3, -0.25) is 4.98 Å². The SMILES string of the molecule is CC(O)(c1cccnc1)c1ccc(N)nc1. The topological polar surface area (TPSA) is 72.0 Å². The van der Waals surface area contributed by atoms with Gasteiger partial charge in [-0.2, -0.15) is 0 Å². The Hall–Kier alpha value is -1.94. The third kappa shape index (κ3) is 1.87. The van der Waals surface area contributed by atoms with E-state index in [4.69, 9.17) is 5.73 Å². The Balaban J connectivity index is 2.43. The normalized spacial score (nSPS) is 14.4. The average Bonchev–Trinajstić information content (AvgIpc) is 2.31. The Morgan fingerprint density at radius 3 is 2.50 bits per heavy atom. The van der Waals surface area contributed by atoms with E-state index in [2.05, 4.69) is 9.97 Å². The lowest BCUT2D eigenvalue weighted by atomic mass is 9.90. The fourth-order valence-electron chi connectivity index (χ4n) is 1.51. The smallest absolute Gasteiger partial charge is 0.123 e. The van der Waals surface area contributed by atoms with E-state index >= 15 is 0 Å². The number of nitrogens with two attached hydrogens (primary N) is 1. The maximum Gasteiger partial charge on any atom is 0.123 e. The van der Waals surface area contributed by atoms with E-state index in [9.17, 15) is 5.11 Å². The lowest BCUT2D eigenvalue weighted by Crippen LogP contribution is -2.23. The molecule has 0 bridgehead atoms. The lowest BCUT2D eigenvalue weighted by Gasteiger charge is -2.23. The molecule has 0 aromatic carbocycles. The van der Waals surface area contributed by atoms with Gasteiger partial charge in [0.15, 0.2) is 0 Å². The Kier molecular flexibility index (Phi) is 2.58. The summed E-state index contributed by atoms with van der Waals surface area (Å²) < 4.78 is 0. The molecule has 3 N–H and O–H groups in total. The van der Waals surface area contributed by atoms with Crippen molar-refractivity contribution in [2.24, 2.45) is 0 Å². The Bertz CT molecular complexity index is 465. The van der Waals surface area contributed by atoms with Crippen molar-refractivity contribution in [2.75, 3.05) is 5.73 Å². The third-order valence-corrected chi connectivity index (χ3v) is 2.57. The lowest BCUT2D eigenvalue weighted by molar-refractivity contribution is 0.101. The van der Waals surface area contributed by atoms with Gasteiger partial charge in [0.05, 0.1) is 0 Å². The van der Waals surface area contributed by atoms with Gasteiger partial charge in [-0.25, -0.2) is 4.98 Å². The third-order valence-electron chi connectivity index (χ3n) is 2.57. The van der Waals surface area contributed by atoms with Crippen LogP contribution in [0.5, 0.6) is 0 Å². The first-order valence-electron chi connectivity index (χ1n) is 4.95. The molecule has 0 aliphatic heterocycles. The Labute approximate surface area is 93.8 Å². The molecule has 4 nitrogen and oxygen atoms in total. The van der Waals surface area contributed by atoms with Gasteiger partial charge < -0.3 is 10.8 Å². The molecule has 16 heavy (non-hydrogen) atoms. The first-order valence-corrected chi connectivity index (χ1v) is 4.95. The van der Waals surface area contributed by atoms with Gasteiger partial charge in [0.1, 0.15) is 11.4 Å². The molecule has 2 heterocycles. The summed E-state index contributed by atoms with van der Waals surface area (Å²) in [6, 6.07) is 7.04. The van der Waals surface area contributed by atoms with Crippen LogP contribution in [-0.2, 0) is 5.60 Å². The predicted molar refractivity (Wildman–Crippen MR) is 61.6 cm³/mol. The highest BCUT2D eigenvalue weighted by Crippen LogP contribution is 2.27. The van der Waals surface area contributed by atoms with Crippen molar-refractivity contribution in [1.29, 1.82) is 0 Å². The maximum absolute atomic E-state index is 10.4. The van der Waals surface area contributed by atoms with E-state index in [1.165, 1.54) is 0 Å². The molecule has 0 radical (unpaired) electrons. The highest BCUT2D eigenvalue weighted by atomic mass is 16.3. The predicted octanol–water partition coefficient (Wildman–Crippen LogP) is 1.31. The van der Waals surface area contributed by atoms with Gasteiger partial charge in [0, 0.05) is 29.7 Å². The Morgan fingerprint density at radius 2 is 1.94 bits per heavy atom. The van der Waals surface area contributed by atoms with Crippen LogP contribution in [0.25, 0.3) is 0 Å². The van der Waals surface area contributed by atoms with Crippen molar-refractivity contribution in [3.63, 3.8) is 0 Å². The van der Waals surface area contributed by atoms with E-state index in [0.717, 1.165) is 5.56 Å². The van der Waals surface area contributed by atoms with Crippen molar-refractivity contribution in [1.82, 2.24) is 9.97 Å². The van der Waals surface area contributed by atoms with E-state index in [-0.39, 0.29) is 0 Å². The summed E-state index contributed by atoms with van der Waals surface area (Å²) in [5, 5.41) is 10.4. The largest absolute Gasteiger partial charge is 0.384 e. The molecule has 2 aromatic rings. The summed E-state index contributed by atoms with van der Waals surface area (Å²) >= 11 is 0. The fourth-order valence-corrected chi connectivity index (χ4v) is 1.51. The minimum atomic E-state index is -1.10. The summed E-state index contributed by atoms with van der Waals surface area (Å²) in [7, 11) is 0. The van der Waals surface area contributed by atoms with Crippen molar-refractivity contribution < 1.29 is 5.11 Å². The molecule has 4 heteroatoms. The van der Waals surface area contributed by atoms with Crippen LogP contribution < -0.4 is 5.73 Å². The molecule has 1 unspecified atom stereocenters. The van der Waals surface area contributed by atoms with Gasteiger partial charge >= 0.3 is 0 Å². The maximum atomic E-state index is 10.4. The molecular formula is C12H13N3O. The monoisotopic (exact) mass is 215 g/mol. The van der Waals surface area contributed by atoms with Crippen molar-refractivity contribution in [2.45, 2.75) is 12.5 Å². The van der Waals surface area contributed by atoms with Crippen LogP contribution in [0.15, 0.2) is 42.9 Å². The molecule has 1 atom stereocenters. The summed E-state index contributed by atoms with van der Waals surface area (Å²) in [5.74, 6) is 0.436. The molecule has 82 valence electrons. The molecule has 0 fully saturated rings. The van der Waals surface area contributed by atoms with Crippen molar-refractivity contribution >= 4 is 5.82 Å². The van der Waals surface area contributed by atoms with Crippen LogP contribution in [0.1, 0.15) is 18.1 Å². The first kappa shape index (κ1) is 10.6. The van der Waals surface area contributed by atoms with Crippen molar-refractivity contribution in [3.8, 4) is 0 Å². The van der Waals surface area contributed by atoms with E-state index in [1.54, 1.807) is 43.7 Å². The molecule has 0 spiro atoms. The van der Waals surface area contributed by atoms with Gasteiger partial charge in [0.25, 0.3) is 0 Å². The average molecular weight is 215 g/mol. The highest BCUT2D eigenvalue weighted by molar-refractivity contribution is 5.36. The second-order valence-electron chi connectivity index (χ2n) is 3.79. The zero-order valence-corrected chi connectivity index (χ0v) is 8.96. The van der Waals surface area contributed by atoms with Crippen LogP contribution in [0, 0.1) is 0 Å². The van der Waals surface area contributed by atoms with E-state index < -0.39 is 5.60 Å². The van der Waals surface area contributed by atoms with Crippen LogP contribution in [0.4, 0.5) is 5.82 Å². The van der Waals surface area contributed by atoms with Crippen LogP contribution >= 0.6 is 0 Å². The molecule has 2 rings (SSSR count). The zero-order valence-electron chi connectivity index (χ0n) is 8.96. The van der Waals surface area contributed by atoms with Gasteiger partial charge in [0.2, 0.25) is 0 Å². The summed E-state index contributed by atoms with van der Waals surface area (Å²) in [5.41, 5.74) is 5.81.